The van der Waals surface area contributed by atoms with Crippen molar-refractivity contribution in [1.29, 1.82) is 0 Å². The number of carboxylic acids is 1. The molecule has 1 atom stereocenters. The molecule has 2 aromatic rings. The molecule has 25 heavy (non-hydrogen) atoms. The number of benzene rings is 1. The Balaban J connectivity index is 1.95. The summed E-state index contributed by atoms with van der Waals surface area (Å²) in [6.45, 7) is 2.40. The van der Waals surface area contributed by atoms with Crippen LogP contribution in [0.5, 0.6) is 0 Å². The number of likely N-dealkylation sites (tertiary alicyclic amines) is 1. The van der Waals surface area contributed by atoms with Gasteiger partial charge in [-0.15, -0.1) is 0 Å². The second-order valence-electron chi connectivity index (χ2n) is 6.35. The minimum atomic E-state index is -0.903. The SMILES string of the molecule is Cc1[nH]c(=O)c(C(=O)N2CCC[C@H](C(=O)O)C2)cc1-c1ccccc1. The summed E-state index contributed by atoms with van der Waals surface area (Å²) in [5.41, 5.74) is 1.99. The van der Waals surface area contributed by atoms with Gasteiger partial charge in [-0.2, -0.15) is 0 Å². The zero-order chi connectivity index (χ0) is 18.0. The van der Waals surface area contributed by atoms with Crippen molar-refractivity contribution in [3.63, 3.8) is 0 Å². The van der Waals surface area contributed by atoms with Crippen LogP contribution in [-0.4, -0.2) is 40.0 Å². The fourth-order valence-electron chi connectivity index (χ4n) is 3.23. The number of piperidine rings is 1. The van der Waals surface area contributed by atoms with Crippen LogP contribution in [0.3, 0.4) is 0 Å². The van der Waals surface area contributed by atoms with Gasteiger partial charge in [0.15, 0.2) is 0 Å². The Morgan fingerprint density at radius 3 is 2.64 bits per heavy atom. The largest absolute Gasteiger partial charge is 0.481 e. The number of carbonyl (C=O) groups is 2. The zero-order valence-electron chi connectivity index (χ0n) is 14.0. The van der Waals surface area contributed by atoms with Crippen LogP contribution in [0, 0.1) is 12.8 Å². The van der Waals surface area contributed by atoms with Crippen LogP contribution in [0.2, 0.25) is 0 Å². The van der Waals surface area contributed by atoms with Crippen LogP contribution in [0.25, 0.3) is 11.1 Å². The number of nitrogens with zero attached hydrogens (tertiary/aromatic N) is 1. The molecule has 1 saturated heterocycles. The van der Waals surface area contributed by atoms with Crippen LogP contribution < -0.4 is 5.56 Å². The molecule has 0 unspecified atom stereocenters. The molecule has 130 valence electrons. The third kappa shape index (κ3) is 3.47. The van der Waals surface area contributed by atoms with E-state index in [-0.39, 0.29) is 12.1 Å². The van der Waals surface area contributed by atoms with Gasteiger partial charge in [0, 0.05) is 24.3 Å². The quantitative estimate of drug-likeness (QED) is 0.897. The lowest BCUT2D eigenvalue weighted by Crippen LogP contribution is -2.43. The van der Waals surface area contributed by atoms with Gasteiger partial charge < -0.3 is 15.0 Å². The van der Waals surface area contributed by atoms with Gasteiger partial charge >= 0.3 is 5.97 Å². The molecule has 1 aromatic heterocycles. The van der Waals surface area contributed by atoms with Gasteiger partial charge in [0.2, 0.25) is 0 Å². The predicted octanol–water partition coefficient (Wildman–Crippen LogP) is 2.29. The van der Waals surface area contributed by atoms with Crippen LogP contribution in [-0.2, 0) is 4.79 Å². The highest BCUT2D eigenvalue weighted by atomic mass is 16.4. The summed E-state index contributed by atoms with van der Waals surface area (Å²) in [6.07, 6.45) is 1.18. The maximum atomic E-state index is 12.8. The number of aromatic amines is 1. The molecule has 2 N–H and O–H groups in total. The third-order valence-corrected chi connectivity index (χ3v) is 4.61. The summed E-state index contributed by atoms with van der Waals surface area (Å²) in [5, 5.41) is 9.19. The van der Waals surface area contributed by atoms with Crippen LogP contribution in [0.4, 0.5) is 0 Å². The average Bonchev–Trinajstić information content (AvgIpc) is 2.62. The number of amides is 1. The van der Waals surface area contributed by atoms with E-state index in [0.717, 1.165) is 11.1 Å². The van der Waals surface area contributed by atoms with Crippen LogP contribution in [0.15, 0.2) is 41.2 Å². The molecule has 0 aliphatic carbocycles. The van der Waals surface area contributed by atoms with E-state index in [2.05, 4.69) is 4.98 Å². The number of nitrogens with one attached hydrogen (secondary N) is 1. The van der Waals surface area contributed by atoms with Crippen molar-refractivity contribution in [1.82, 2.24) is 9.88 Å². The van der Waals surface area contributed by atoms with E-state index in [1.807, 2.05) is 30.3 Å². The first kappa shape index (κ1) is 17.0. The number of pyridine rings is 1. The summed E-state index contributed by atoms with van der Waals surface area (Å²) < 4.78 is 0. The van der Waals surface area contributed by atoms with Gasteiger partial charge in [-0.25, -0.2) is 0 Å². The number of carboxylic acid groups (broad SMARTS) is 1. The van der Waals surface area contributed by atoms with Gasteiger partial charge in [-0.3, -0.25) is 14.4 Å². The van der Waals surface area contributed by atoms with Crippen molar-refractivity contribution < 1.29 is 14.7 Å². The van der Waals surface area contributed by atoms with E-state index in [4.69, 9.17) is 0 Å². The highest BCUT2D eigenvalue weighted by Gasteiger charge is 2.30. The smallest absolute Gasteiger partial charge is 0.308 e. The summed E-state index contributed by atoms with van der Waals surface area (Å²) in [7, 11) is 0. The van der Waals surface area contributed by atoms with Crippen molar-refractivity contribution in [2.24, 2.45) is 5.92 Å². The molecule has 6 nitrogen and oxygen atoms in total. The Labute approximate surface area is 145 Å². The Bertz CT molecular complexity index is 857. The monoisotopic (exact) mass is 340 g/mol. The number of hydrogen-bond acceptors (Lipinski definition) is 3. The summed E-state index contributed by atoms with van der Waals surface area (Å²) in [4.78, 5) is 40.5. The number of aliphatic carboxylic acids is 1. The molecule has 1 aliphatic rings. The molecule has 1 aromatic carbocycles. The molecular weight excluding hydrogens is 320 g/mol. The summed E-state index contributed by atoms with van der Waals surface area (Å²) in [5.74, 6) is -1.89. The number of hydrogen-bond donors (Lipinski definition) is 2. The molecule has 1 aliphatic heterocycles. The van der Waals surface area contributed by atoms with Gasteiger partial charge in [0.05, 0.1) is 5.92 Å². The fraction of sp³-hybridized carbons (Fsp3) is 0.316. The number of carbonyl (C=O) groups excluding carboxylic acids is 1. The predicted molar refractivity (Wildman–Crippen MR) is 93.5 cm³/mol. The van der Waals surface area contributed by atoms with Gasteiger partial charge in [-0.05, 0) is 31.4 Å². The highest BCUT2D eigenvalue weighted by Crippen LogP contribution is 2.23. The van der Waals surface area contributed by atoms with Gasteiger partial charge in [0.1, 0.15) is 5.56 Å². The molecule has 0 bridgehead atoms. The number of aromatic nitrogens is 1. The zero-order valence-corrected chi connectivity index (χ0v) is 14.0. The summed E-state index contributed by atoms with van der Waals surface area (Å²) in [6, 6.07) is 11.1. The topological polar surface area (TPSA) is 90.5 Å². The summed E-state index contributed by atoms with van der Waals surface area (Å²) >= 11 is 0. The molecular formula is C19H20N2O4. The second-order valence-corrected chi connectivity index (χ2v) is 6.35. The lowest BCUT2D eigenvalue weighted by atomic mass is 9.97. The molecule has 0 saturated carbocycles. The van der Waals surface area contributed by atoms with E-state index in [9.17, 15) is 19.5 Å². The third-order valence-electron chi connectivity index (χ3n) is 4.61. The second kappa shape index (κ2) is 6.93. The lowest BCUT2D eigenvalue weighted by Gasteiger charge is -2.30. The molecule has 1 amide bonds. The Kier molecular flexibility index (Phi) is 4.70. The molecule has 1 fully saturated rings. The first-order chi connectivity index (χ1) is 12.0. The molecule has 2 heterocycles. The Morgan fingerprint density at radius 2 is 1.96 bits per heavy atom. The molecule has 0 radical (unpaired) electrons. The molecule has 6 heteroatoms. The van der Waals surface area contributed by atoms with Crippen molar-refractivity contribution in [2.45, 2.75) is 19.8 Å². The fourth-order valence-corrected chi connectivity index (χ4v) is 3.23. The van der Waals surface area contributed by atoms with E-state index >= 15 is 0 Å². The molecule has 3 rings (SSSR count). The standard InChI is InChI=1S/C19H20N2O4/c1-12-15(13-6-3-2-4-7-13)10-16(17(22)20-12)18(23)21-9-5-8-14(11-21)19(24)25/h2-4,6-7,10,14H,5,8-9,11H2,1H3,(H,20,22)(H,24,25)/t14-/m0/s1. The van der Waals surface area contributed by atoms with Crippen molar-refractivity contribution in [2.75, 3.05) is 13.1 Å². The van der Waals surface area contributed by atoms with E-state index in [0.29, 0.717) is 25.1 Å². The van der Waals surface area contributed by atoms with Crippen LogP contribution in [0.1, 0.15) is 28.9 Å². The highest BCUT2D eigenvalue weighted by molar-refractivity contribution is 5.95. The average molecular weight is 340 g/mol. The Hall–Kier alpha value is -2.89. The first-order valence-corrected chi connectivity index (χ1v) is 8.29. The van der Waals surface area contributed by atoms with E-state index in [1.54, 1.807) is 13.0 Å². The maximum Gasteiger partial charge on any atom is 0.308 e. The van der Waals surface area contributed by atoms with Crippen LogP contribution >= 0.6 is 0 Å². The van der Waals surface area contributed by atoms with E-state index in [1.165, 1.54) is 4.90 Å². The number of rotatable bonds is 3. The normalized spacial score (nSPS) is 17.3. The first-order valence-electron chi connectivity index (χ1n) is 8.29. The van der Waals surface area contributed by atoms with Crippen molar-refractivity contribution in [3.8, 4) is 11.1 Å². The maximum absolute atomic E-state index is 12.8. The minimum Gasteiger partial charge on any atom is -0.481 e. The lowest BCUT2D eigenvalue weighted by molar-refractivity contribution is -0.143. The van der Waals surface area contributed by atoms with Gasteiger partial charge in [0.25, 0.3) is 11.5 Å². The number of H-pyrrole nitrogens is 1. The Morgan fingerprint density at radius 1 is 1.24 bits per heavy atom. The van der Waals surface area contributed by atoms with Gasteiger partial charge in [-0.1, -0.05) is 30.3 Å². The minimum absolute atomic E-state index is 0.0514. The van der Waals surface area contributed by atoms with E-state index < -0.39 is 23.4 Å². The van der Waals surface area contributed by atoms with Crippen molar-refractivity contribution in [3.05, 3.63) is 58.0 Å². The molecule has 0 spiro atoms. The number of aryl methyl sites for hydroxylation is 1. The van der Waals surface area contributed by atoms with Crippen molar-refractivity contribution >= 4 is 11.9 Å².